The maximum absolute atomic E-state index is 15.1. The first kappa shape index (κ1) is 30.1. The molecule has 3 aromatic carbocycles. The Bertz CT molecular complexity index is 1710. The molecule has 11 nitrogen and oxygen atoms in total. The molecule has 1 aliphatic heterocycles. The van der Waals surface area contributed by atoms with Crippen LogP contribution in [-0.2, 0) is 10.0 Å². The van der Waals surface area contributed by atoms with Gasteiger partial charge in [0, 0.05) is 56.4 Å². The summed E-state index contributed by atoms with van der Waals surface area (Å²) in [6.45, 7) is 5.71. The fourth-order valence-corrected chi connectivity index (χ4v) is 5.95. The molecule has 226 valence electrons. The summed E-state index contributed by atoms with van der Waals surface area (Å²) in [5.41, 5.74) is 0.260. The number of hydrogen-bond acceptors (Lipinski definition) is 10. The van der Waals surface area contributed by atoms with Gasteiger partial charge in [0.25, 0.3) is 10.0 Å². The van der Waals surface area contributed by atoms with Crippen LogP contribution in [0.15, 0.2) is 76.9 Å². The molecule has 5 rings (SSSR count). The van der Waals surface area contributed by atoms with Crippen molar-refractivity contribution in [3.8, 4) is 23.0 Å². The molecule has 0 aliphatic carbocycles. The van der Waals surface area contributed by atoms with Crippen LogP contribution < -0.4 is 18.9 Å². The van der Waals surface area contributed by atoms with Crippen LogP contribution in [0.1, 0.15) is 6.42 Å². The van der Waals surface area contributed by atoms with Crippen LogP contribution in [-0.4, -0.2) is 76.7 Å². The number of ether oxygens (including phenoxy) is 3. The molecule has 0 unspecified atom stereocenters. The van der Waals surface area contributed by atoms with E-state index in [1.807, 2.05) is 0 Å². The fraction of sp³-hybridized carbons (Fsp3) is 0.300. The molecule has 0 saturated carbocycles. The third kappa shape index (κ3) is 7.19. The number of piperazine rings is 1. The molecule has 0 bridgehead atoms. The van der Waals surface area contributed by atoms with E-state index in [0.717, 1.165) is 45.2 Å². The first-order valence-corrected chi connectivity index (χ1v) is 15.2. The molecule has 1 N–H and O–H groups in total. The van der Waals surface area contributed by atoms with Crippen molar-refractivity contribution in [3.05, 3.63) is 77.6 Å². The van der Waals surface area contributed by atoms with Crippen molar-refractivity contribution in [2.24, 2.45) is 5.18 Å². The van der Waals surface area contributed by atoms with Gasteiger partial charge in [0.15, 0.2) is 23.1 Å². The van der Waals surface area contributed by atoms with Crippen LogP contribution in [0.4, 0.5) is 15.8 Å². The average molecular weight is 610 g/mol. The summed E-state index contributed by atoms with van der Waals surface area (Å²) in [4.78, 5) is 19.9. The van der Waals surface area contributed by atoms with Gasteiger partial charge in [-0.3, -0.25) is 9.71 Å². The quantitative estimate of drug-likeness (QED) is 0.166. The second kappa shape index (κ2) is 13.3. The van der Waals surface area contributed by atoms with E-state index in [2.05, 4.69) is 31.7 Å². The smallest absolute Gasteiger partial charge is 0.264 e. The first-order valence-electron chi connectivity index (χ1n) is 13.7. The van der Waals surface area contributed by atoms with Crippen LogP contribution in [0.3, 0.4) is 0 Å². The predicted octanol–water partition coefficient (Wildman–Crippen LogP) is 5.39. The number of methoxy groups -OCH3 is 1. The van der Waals surface area contributed by atoms with Crippen molar-refractivity contribution >= 4 is 32.3 Å². The number of anilines is 1. The van der Waals surface area contributed by atoms with Crippen molar-refractivity contribution in [3.63, 3.8) is 0 Å². The van der Waals surface area contributed by atoms with Gasteiger partial charge in [-0.05, 0) is 55.0 Å². The Labute approximate surface area is 249 Å². The highest BCUT2D eigenvalue weighted by molar-refractivity contribution is 7.92. The Morgan fingerprint density at radius 2 is 1.77 bits per heavy atom. The van der Waals surface area contributed by atoms with Crippen molar-refractivity contribution < 1.29 is 27.0 Å². The normalized spacial score (nSPS) is 14.4. The fourth-order valence-electron chi connectivity index (χ4n) is 4.77. The highest BCUT2D eigenvalue weighted by Crippen LogP contribution is 2.38. The summed E-state index contributed by atoms with van der Waals surface area (Å²) in [5, 5.41) is 3.32. The molecule has 1 aromatic heterocycles. The van der Waals surface area contributed by atoms with Gasteiger partial charge in [-0.1, -0.05) is 12.1 Å². The Balaban J connectivity index is 1.28. The second-order valence-electron chi connectivity index (χ2n) is 10.1. The van der Waals surface area contributed by atoms with Crippen molar-refractivity contribution in [2.75, 3.05) is 58.2 Å². The van der Waals surface area contributed by atoms with Crippen LogP contribution in [0.5, 0.6) is 23.0 Å². The van der Waals surface area contributed by atoms with E-state index in [0.29, 0.717) is 34.8 Å². The zero-order valence-electron chi connectivity index (χ0n) is 23.8. The summed E-state index contributed by atoms with van der Waals surface area (Å²) >= 11 is 0. The van der Waals surface area contributed by atoms with Crippen LogP contribution >= 0.6 is 0 Å². The SMILES string of the molecule is COc1cc2c(Oc3ccc(NS(=O)(=O)c4ccccc4N=O)cc3F)ccnc2cc1OCCCN1CCN(C)CC1. The van der Waals surface area contributed by atoms with Crippen molar-refractivity contribution in [1.29, 1.82) is 0 Å². The van der Waals surface area contributed by atoms with E-state index in [1.54, 1.807) is 24.4 Å². The average Bonchev–Trinajstić information content (AvgIpc) is 3.01. The number of sulfonamides is 1. The zero-order chi connectivity index (χ0) is 30.4. The number of nitrogens with one attached hydrogen (secondary N) is 1. The lowest BCUT2D eigenvalue weighted by Gasteiger charge is -2.32. The summed E-state index contributed by atoms with van der Waals surface area (Å²) in [6.07, 6.45) is 2.41. The van der Waals surface area contributed by atoms with E-state index in [1.165, 1.54) is 43.5 Å². The number of likely N-dealkylation sites (N-methyl/N-ethyl adjacent to an activating group) is 1. The summed E-state index contributed by atoms with van der Waals surface area (Å²) in [6, 6.07) is 14.2. The van der Waals surface area contributed by atoms with Gasteiger partial charge in [0.05, 0.1) is 24.9 Å². The van der Waals surface area contributed by atoms with Crippen molar-refractivity contribution in [2.45, 2.75) is 11.3 Å². The summed E-state index contributed by atoms with van der Waals surface area (Å²) in [7, 11) is -0.518. The standard InChI is InChI=1S/C30H32FN5O6S/c1-35-13-15-36(16-14-35)12-5-17-41-29-20-25-22(19-28(29)40-2)26(10-11-32-25)42-27-9-8-21(18-23(27)31)34-43(38,39)30-7-4-3-6-24(30)33-37/h3-4,6-11,18-20,34H,5,12-17H2,1-2H3. The second-order valence-corrected chi connectivity index (χ2v) is 11.7. The maximum atomic E-state index is 15.1. The number of fused-ring (bicyclic) bond motifs is 1. The third-order valence-electron chi connectivity index (χ3n) is 7.12. The van der Waals surface area contributed by atoms with Crippen LogP contribution in [0.25, 0.3) is 10.9 Å². The monoisotopic (exact) mass is 609 g/mol. The number of halogens is 1. The van der Waals surface area contributed by atoms with Crippen molar-refractivity contribution in [1.82, 2.24) is 14.8 Å². The number of hydrogen-bond donors (Lipinski definition) is 1. The molecule has 1 fully saturated rings. The number of aromatic nitrogens is 1. The number of rotatable bonds is 12. The summed E-state index contributed by atoms with van der Waals surface area (Å²) in [5.74, 6) is 0.420. The van der Waals surface area contributed by atoms with Crippen LogP contribution in [0.2, 0.25) is 0 Å². The Hall–Kier alpha value is -4.33. The van der Waals surface area contributed by atoms with Gasteiger partial charge in [0.1, 0.15) is 16.3 Å². The molecule has 0 atom stereocenters. The highest BCUT2D eigenvalue weighted by atomic mass is 32.2. The lowest BCUT2D eigenvalue weighted by molar-refractivity contribution is 0.145. The molecule has 0 radical (unpaired) electrons. The lowest BCUT2D eigenvalue weighted by atomic mass is 10.1. The van der Waals surface area contributed by atoms with Gasteiger partial charge < -0.3 is 24.0 Å². The number of nitrogens with zero attached hydrogens (tertiary/aromatic N) is 4. The minimum absolute atomic E-state index is 0.0544. The van der Waals surface area contributed by atoms with E-state index in [-0.39, 0.29) is 22.0 Å². The predicted molar refractivity (Wildman–Crippen MR) is 162 cm³/mol. The number of pyridine rings is 1. The Morgan fingerprint density at radius 3 is 2.51 bits per heavy atom. The molecule has 43 heavy (non-hydrogen) atoms. The third-order valence-corrected chi connectivity index (χ3v) is 8.54. The molecular formula is C30H32FN5O6S. The first-order chi connectivity index (χ1) is 20.8. The van der Waals surface area contributed by atoms with Gasteiger partial charge in [-0.2, -0.15) is 0 Å². The highest BCUT2D eigenvalue weighted by Gasteiger charge is 2.20. The molecule has 1 saturated heterocycles. The van der Waals surface area contributed by atoms with Gasteiger partial charge >= 0.3 is 0 Å². The van der Waals surface area contributed by atoms with E-state index >= 15 is 4.39 Å². The van der Waals surface area contributed by atoms with E-state index < -0.39 is 15.8 Å². The van der Waals surface area contributed by atoms with Crippen LogP contribution in [0, 0.1) is 10.7 Å². The molecule has 0 spiro atoms. The van der Waals surface area contributed by atoms with Gasteiger partial charge in [-0.15, -0.1) is 4.91 Å². The molecule has 1 aliphatic rings. The number of benzene rings is 3. The molecule has 0 amide bonds. The maximum Gasteiger partial charge on any atom is 0.264 e. The lowest BCUT2D eigenvalue weighted by Crippen LogP contribution is -2.44. The zero-order valence-corrected chi connectivity index (χ0v) is 24.6. The number of nitroso groups, excluding NO2 is 1. The van der Waals surface area contributed by atoms with Gasteiger partial charge in [0.2, 0.25) is 0 Å². The largest absolute Gasteiger partial charge is 0.493 e. The Kier molecular flexibility index (Phi) is 9.34. The van der Waals surface area contributed by atoms with Gasteiger partial charge in [-0.25, -0.2) is 12.8 Å². The Morgan fingerprint density at radius 1 is 0.977 bits per heavy atom. The minimum Gasteiger partial charge on any atom is -0.493 e. The van der Waals surface area contributed by atoms with E-state index in [9.17, 15) is 13.3 Å². The molecular weight excluding hydrogens is 577 g/mol. The summed E-state index contributed by atoms with van der Waals surface area (Å²) < 4.78 is 60.4. The molecule has 2 heterocycles. The molecule has 4 aromatic rings. The minimum atomic E-state index is -4.19. The van der Waals surface area contributed by atoms with E-state index in [4.69, 9.17) is 14.2 Å². The topological polar surface area (TPSA) is 123 Å². The molecule has 13 heteroatoms.